The van der Waals surface area contributed by atoms with Crippen LogP contribution in [0, 0.1) is 6.92 Å². The van der Waals surface area contributed by atoms with E-state index in [0.717, 1.165) is 0 Å². The van der Waals surface area contributed by atoms with Gasteiger partial charge in [-0.05, 0) is 45.7 Å². The Kier molecular flexibility index (Phi) is 5.66. The predicted octanol–water partition coefficient (Wildman–Crippen LogP) is 3.85. The summed E-state index contributed by atoms with van der Waals surface area (Å²) in [6.07, 6.45) is 0.539. The van der Waals surface area contributed by atoms with Gasteiger partial charge in [0, 0.05) is 0 Å². The van der Waals surface area contributed by atoms with E-state index in [0.29, 0.717) is 13.2 Å². The number of hydrogen-bond acceptors (Lipinski definition) is 2. The Labute approximate surface area is 105 Å². The standard InChI is InChI=1S/C15H24O2/c1-11(2)16-9-14-6-13(5)7-15(8-14)10-17-12(3)4/h6-8,11-12H,9-10H2,1-5H3. The average molecular weight is 236 g/mol. The maximum absolute atomic E-state index is 5.62. The van der Waals surface area contributed by atoms with Gasteiger partial charge in [-0.25, -0.2) is 0 Å². The molecule has 1 rings (SSSR count). The fourth-order valence-corrected chi connectivity index (χ4v) is 1.64. The molecule has 1 aromatic rings. The molecule has 0 aliphatic rings. The molecule has 0 aliphatic carbocycles. The van der Waals surface area contributed by atoms with Gasteiger partial charge in [-0.3, -0.25) is 0 Å². The van der Waals surface area contributed by atoms with Crippen LogP contribution >= 0.6 is 0 Å². The van der Waals surface area contributed by atoms with Gasteiger partial charge in [0.1, 0.15) is 0 Å². The summed E-state index contributed by atoms with van der Waals surface area (Å²) in [5.41, 5.74) is 3.71. The minimum atomic E-state index is 0.269. The molecule has 0 atom stereocenters. The van der Waals surface area contributed by atoms with Crippen LogP contribution < -0.4 is 0 Å². The fourth-order valence-electron chi connectivity index (χ4n) is 1.64. The van der Waals surface area contributed by atoms with E-state index in [1.54, 1.807) is 0 Å². The fraction of sp³-hybridized carbons (Fsp3) is 0.600. The van der Waals surface area contributed by atoms with E-state index < -0.39 is 0 Å². The maximum atomic E-state index is 5.62. The third-order valence-electron chi connectivity index (χ3n) is 2.36. The second-order valence-corrected chi connectivity index (χ2v) is 5.05. The first kappa shape index (κ1) is 14.2. The Bertz CT molecular complexity index is 313. The summed E-state index contributed by atoms with van der Waals surface area (Å²) >= 11 is 0. The zero-order chi connectivity index (χ0) is 12.8. The highest BCUT2D eigenvalue weighted by atomic mass is 16.5. The van der Waals surface area contributed by atoms with Gasteiger partial charge in [-0.1, -0.05) is 23.8 Å². The number of rotatable bonds is 6. The molecule has 0 bridgehead atoms. The lowest BCUT2D eigenvalue weighted by atomic mass is 10.1. The lowest BCUT2D eigenvalue weighted by Gasteiger charge is -2.12. The van der Waals surface area contributed by atoms with Crippen molar-refractivity contribution in [2.45, 2.75) is 60.0 Å². The molecular weight excluding hydrogens is 212 g/mol. The Hall–Kier alpha value is -0.860. The topological polar surface area (TPSA) is 18.5 Å². The average Bonchev–Trinajstić information content (AvgIpc) is 2.23. The van der Waals surface area contributed by atoms with Crippen molar-refractivity contribution in [3.63, 3.8) is 0 Å². The van der Waals surface area contributed by atoms with Crippen molar-refractivity contribution in [3.05, 3.63) is 34.9 Å². The van der Waals surface area contributed by atoms with Gasteiger partial charge in [0.25, 0.3) is 0 Å². The molecule has 0 fully saturated rings. The van der Waals surface area contributed by atoms with E-state index >= 15 is 0 Å². The molecular formula is C15H24O2. The van der Waals surface area contributed by atoms with Gasteiger partial charge in [-0.2, -0.15) is 0 Å². The first-order valence-electron chi connectivity index (χ1n) is 6.30. The van der Waals surface area contributed by atoms with Crippen LogP contribution in [0.2, 0.25) is 0 Å². The molecule has 1 aromatic carbocycles. The normalized spacial score (nSPS) is 11.5. The van der Waals surface area contributed by atoms with Crippen molar-refractivity contribution in [2.75, 3.05) is 0 Å². The molecule has 0 unspecified atom stereocenters. The molecule has 2 heteroatoms. The van der Waals surface area contributed by atoms with Crippen LogP contribution in [0.3, 0.4) is 0 Å². The summed E-state index contributed by atoms with van der Waals surface area (Å²) in [5, 5.41) is 0. The monoisotopic (exact) mass is 236 g/mol. The number of benzene rings is 1. The van der Waals surface area contributed by atoms with Crippen molar-refractivity contribution < 1.29 is 9.47 Å². The van der Waals surface area contributed by atoms with Crippen LogP contribution in [0.1, 0.15) is 44.4 Å². The molecule has 0 heterocycles. The van der Waals surface area contributed by atoms with Crippen molar-refractivity contribution in [2.24, 2.45) is 0 Å². The Morgan fingerprint density at radius 1 is 0.824 bits per heavy atom. The predicted molar refractivity (Wildman–Crippen MR) is 71.0 cm³/mol. The molecule has 0 aliphatic heterocycles. The Morgan fingerprint density at radius 3 is 1.59 bits per heavy atom. The Morgan fingerprint density at radius 2 is 1.24 bits per heavy atom. The first-order valence-corrected chi connectivity index (χ1v) is 6.30. The third-order valence-corrected chi connectivity index (χ3v) is 2.36. The summed E-state index contributed by atoms with van der Waals surface area (Å²) in [6.45, 7) is 11.7. The Balaban J connectivity index is 2.65. The smallest absolute Gasteiger partial charge is 0.0720 e. The van der Waals surface area contributed by atoms with Crippen LogP contribution in [0.5, 0.6) is 0 Å². The molecule has 0 aromatic heterocycles. The van der Waals surface area contributed by atoms with Crippen LogP contribution in [0.4, 0.5) is 0 Å². The highest BCUT2D eigenvalue weighted by molar-refractivity contribution is 5.28. The van der Waals surface area contributed by atoms with E-state index in [2.05, 4.69) is 52.8 Å². The zero-order valence-corrected chi connectivity index (χ0v) is 11.6. The summed E-state index contributed by atoms with van der Waals surface area (Å²) in [4.78, 5) is 0. The summed E-state index contributed by atoms with van der Waals surface area (Å²) in [7, 11) is 0. The van der Waals surface area contributed by atoms with Gasteiger partial charge >= 0.3 is 0 Å². The third kappa shape index (κ3) is 5.85. The second kappa shape index (κ2) is 6.77. The van der Waals surface area contributed by atoms with E-state index in [1.165, 1.54) is 16.7 Å². The maximum Gasteiger partial charge on any atom is 0.0720 e. The molecule has 0 amide bonds. The van der Waals surface area contributed by atoms with Crippen molar-refractivity contribution in [3.8, 4) is 0 Å². The lowest BCUT2D eigenvalue weighted by molar-refractivity contribution is 0.0625. The molecule has 0 N–H and O–H groups in total. The first-order chi connectivity index (χ1) is 7.97. The highest BCUT2D eigenvalue weighted by Gasteiger charge is 2.02. The molecule has 0 spiro atoms. The SMILES string of the molecule is Cc1cc(COC(C)C)cc(COC(C)C)c1. The van der Waals surface area contributed by atoms with E-state index in [1.807, 2.05) is 0 Å². The van der Waals surface area contributed by atoms with Gasteiger partial charge in [0.2, 0.25) is 0 Å². The van der Waals surface area contributed by atoms with E-state index in [9.17, 15) is 0 Å². The summed E-state index contributed by atoms with van der Waals surface area (Å²) < 4.78 is 11.2. The van der Waals surface area contributed by atoms with Crippen LogP contribution in [-0.4, -0.2) is 12.2 Å². The van der Waals surface area contributed by atoms with Crippen molar-refractivity contribution in [1.82, 2.24) is 0 Å². The van der Waals surface area contributed by atoms with Gasteiger partial charge < -0.3 is 9.47 Å². The second-order valence-electron chi connectivity index (χ2n) is 5.05. The molecule has 0 saturated heterocycles. The largest absolute Gasteiger partial charge is 0.374 e. The molecule has 96 valence electrons. The minimum absolute atomic E-state index is 0.269. The van der Waals surface area contributed by atoms with Gasteiger partial charge in [0.15, 0.2) is 0 Å². The number of ether oxygens (including phenoxy) is 2. The molecule has 2 nitrogen and oxygen atoms in total. The molecule has 0 radical (unpaired) electrons. The van der Waals surface area contributed by atoms with E-state index in [-0.39, 0.29) is 12.2 Å². The van der Waals surface area contributed by atoms with Crippen LogP contribution in [0.15, 0.2) is 18.2 Å². The van der Waals surface area contributed by atoms with E-state index in [4.69, 9.17) is 9.47 Å². The highest BCUT2D eigenvalue weighted by Crippen LogP contribution is 2.13. The quantitative estimate of drug-likeness (QED) is 0.747. The van der Waals surface area contributed by atoms with Crippen molar-refractivity contribution >= 4 is 0 Å². The minimum Gasteiger partial charge on any atom is -0.374 e. The van der Waals surface area contributed by atoms with Gasteiger partial charge in [-0.15, -0.1) is 0 Å². The lowest BCUT2D eigenvalue weighted by Crippen LogP contribution is -2.05. The number of aryl methyl sites for hydroxylation is 1. The number of hydrogen-bond donors (Lipinski definition) is 0. The van der Waals surface area contributed by atoms with Crippen molar-refractivity contribution in [1.29, 1.82) is 0 Å². The van der Waals surface area contributed by atoms with Crippen LogP contribution in [0.25, 0.3) is 0 Å². The summed E-state index contributed by atoms with van der Waals surface area (Å²) in [5.74, 6) is 0. The van der Waals surface area contributed by atoms with Gasteiger partial charge in [0.05, 0.1) is 25.4 Å². The van der Waals surface area contributed by atoms with Crippen LogP contribution in [-0.2, 0) is 22.7 Å². The summed E-state index contributed by atoms with van der Waals surface area (Å²) in [6, 6.07) is 6.50. The zero-order valence-electron chi connectivity index (χ0n) is 11.6. The molecule has 0 saturated carbocycles. The molecule has 17 heavy (non-hydrogen) atoms.